The summed E-state index contributed by atoms with van der Waals surface area (Å²) in [5.74, 6) is -15.0. The second kappa shape index (κ2) is 33.3. The molecular formula is C72H87Cl2N11O23. The Morgan fingerprint density at radius 3 is 1.95 bits per heavy atom. The Balaban J connectivity index is 1.13. The molecule has 3 fully saturated rings. The minimum atomic E-state index is -2.33. The Bertz CT molecular complexity index is 4270. The van der Waals surface area contributed by atoms with Crippen LogP contribution >= 0.6 is 23.2 Å². The lowest BCUT2D eigenvalue weighted by molar-refractivity contribution is -0.331. The second-order valence-corrected chi connectivity index (χ2v) is 29.1. The zero-order chi connectivity index (χ0) is 78.1. The Kier molecular flexibility index (Phi) is 24.6. The van der Waals surface area contributed by atoms with E-state index < -0.39 is 231 Å². The van der Waals surface area contributed by atoms with E-state index in [4.69, 9.17) is 63.1 Å². The monoisotopic (exact) mass is 1540 g/mol. The average molecular weight is 1550 g/mol. The number of benzene rings is 5. The predicted octanol–water partition coefficient (Wildman–Crippen LogP) is 0.703. The number of carboxylic acids is 1. The minimum absolute atomic E-state index is 0.0776. The number of primary amides is 1. The molecule has 5 aromatic rings. The fourth-order valence-electron chi connectivity index (χ4n) is 13.7. The molecule has 0 radical (unpaired) electrons. The molecule has 8 aliphatic rings. The topological polar surface area (TPSA) is 534 Å². The number of ether oxygens (including phenoxy) is 6. The van der Waals surface area contributed by atoms with E-state index >= 15 is 14.4 Å². The van der Waals surface area contributed by atoms with Gasteiger partial charge in [-0.2, -0.15) is 0 Å². The van der Waals surface area contributed by atoms with Crippen LogP contribution in [0.2, 0.25) is 10.0 Å². The Morgan fingerprint density at radius 2 is 1.34 bits per heavy atom. The zero-order valence-electron chi connectivity index (χ0n) is 59.0. The lowest BCUT2D eigenvalue weighted by Crippen LogP contribution is -2.66. The van der Waals surface area contributed by atoms with E-state index in [0.29, 0.717) is 19.0 Å². The molecule has 11 bridgehead atoms. The third-order valence-electron chi connectivity index (χ3n) is 19.7. The number of phenols is 3. The van der Waals surface area contributed by atoms with Crippen molar-refractivity contribution in [2.24, 2.45) is 23.3 Å². The first-order valence-corrected chi connectivity index (χ1v) is 35.7. The summed E-state index contributed by atoms with van der Waals surface area (Å²) >= 11 is 14.3. The first kappa shape index (κ1) is 79.8. The van der Waals surface area contributed by atoms with E-state index in [-0.39, 0.29) is 52.0 Å². The van der Waals surface area contributed by atoms with E-state index in [1.165, 1.54) is 25.2 Å². The number of amides is 7. The summed E-state index contributed by atoms with van der Waals surface area (Å²) in [6, 6.07) is -0.245. The van der Waals surface area contributed by atoms with Crippen LogP contribution in [-0.4, -0.2) is 205 Å². The van der Waals surface area contributed by atoms with E-state index in [9.17, 15) is 69.9 Å². The summed E-state index contributed by atoms with van der Waals surface area (Å²) in [4.78, 5) is 118. The smallest absolute Gasteiger partial charge is 0.330 e. The van der Waals surface area contributed by atoms with Gasteiger partial charge >= 0.3 is 5.97 Å². The van der Waals surface area contributed by atoms with Crippen molar-refractivity contribution < 1.29 is 113 Å². The van der Waals surface area contributed by atoms with Crippen LogP contribution in [0.5, 0.6) is 46.0 Å². The molecule has 0 spiro atoms. The molecule has 1 aliphatic carbocycles. The van der Waals surface area contributed by atoms with Crippen LogP contribution < -0.4 is 73.5 Å². The normalized spacial score (nSPS) is 29.0. The summed E-state index contributed by atoms with van der Waals surface area (Å²) in [6.45, 7) is 8.33. The van der Waals surface area contributed by atoms with Gasteiger partial charge in [-0.1, -0.05) is 55.2 Å². The molecule has 1 saturated carbocycles. The van der Waals surface area contributed by atoms with Crippen molar-refractivity contribution in [3.63, 3.8) is 0 Å². The van der Waals surface area contributed by atoms with Gasteiger partial charge in [-0.25, -0.2) is 4.79 Å². The molecule has 0 unspecified atom stereocenters. The van der Waals surface area contributed by atoms with Gasteiger partial charge in [0, 0.05) is 54.4 Å². The van der Waals surface area contributed by atoms with Gasteiger partial charge in [0.2, 0.25) is 53.4 Å². The number of fused-ring (bicyclic) bond motifs is 15. The number of aliphatic hydroxyl groups excluding tert-OH is 5. The number of rotatable bonds is 19. The van der Waals surface area contributed by atoms with E-state index in [1.54, 1.807) is 13.8 Å². The molecule has 18 atom stereocenters. The molecule has 582 valence electrons. The lowest BCUT2D eigenvalue weighted by Gasteiger charge is -2.48. The van der Waals surface area contributed by atoms with Gasteiger partial charge in [0.25, 0.3) is 0 Å². The van der Waals surface area contributed by atoms with Crippen LogP contribution in [0.25, 0.3) is 11.1 Å². The van der Waals surface area contributed by atoms with E-state index in [1.807, 2.05) is 13.8 Å². The van der Waals surface area contributed by atoms with Gasteiger partial charge in [-0.05, 0) is 135 Å². The maximum Gasteiger partial charge on any atom is 0.330 e. The molecule has 0 aromatic heterocycles. The Labute approximate surface area is 627 Å². The highest BCUT2D eigenvalue weighted by Crippen LogP contribution is 2.50. The lowest BCUT2D eigenvalue weighted by atomic mass is 9.85. The molecule has 7 aliphatic heterocycles. The van der Waals surface area contributed by atoms with Gasteiger partial charge in [-0.3, -0.25) is 33.6 Å². The van der Waals surface area contributed by atoms with E-state index in [2.05, 4.69) is 47.9 Å². The maximum atomic E-state index is 16.1. The fourth-order valence-corrected chi connectivity index (χ4v) is 14.2. The molecule has 34 nitrogen and oxygen atoms in total. The summed E-state index contributed by atoms with van der Waals surface area (Å²) in [7, 11) is 1.48. The number of nitrogens with two attached hydrogens (primary N) is 2. The maximum absolute atomic E-state index is 16.1. The highest BCUT2D eigenvalue weighted by molar-refractivity contribution is 6.32. The number of carbonyl (C=O) groups excluding carboxylic acids is 7. The van der Waals surface area contributed by atoms with Crippen LogP contribution in [0.4, 0.5) is 0 Å². The molecule has 7 amide bonds. The van der Waals surface area contributed by atoms with Crippen molar-refractivity contribution in [1.82, 2.24) is 47.9 Å². The molecule has 22 N–H and O–H groups in total. The summed E-state index contributed by atoms with van der Waals surface area (Å²) in [5, 5.41) is 129. The van der Waals surface area contributed by atoms with Crippen molar-refractivity contribution >= 4 is 70.5 Å². The molecule has 5 aromatic carbocycles. The van der Waals surface area contributed by atoms with Gasteiger partial charge in [0.05, 0.1) is 34.7 Å². The van der Waals surface area contributed by atoms with Crippen LogP contribution in [-0.2, 0) is 52.6 Å². The van der Waals surface area contributed by atoms with Crippen LogP contribution in [0.1, 0.15) is 118 Å². The molecular weight excluding hydrogens is 1460 g/mol. The van der Waals surface area contributed by atoms with Gasteiger partial charge in [0.1, 0.15) is 89.5 Å². The molecule has 7 heterocycles. The third kappa shape index (κ3) is 17.6. The summed E-state index contributed by atoms with van der Waals surface area (Å²) in [5.41, 5.74) is 8.15. The Hall–Kier alpha value is -9.24. The van der Waals surface area contributed by atoms with Crippen molar-refractivity contribution in [3.8, 4) is 57.1 Å². The summed E-state index contributed by atoms with van der Waals surface area (Å²) < 4.78 is 39.5. The van der Waals surface area contributed by atoms with Crippen molar-refractivity contribution in [2.75, 3.05) is 33.2 Å². The van der Waals surface area contributed by atoms with Crippen LogP contribution in [0.3, 0.4) is 0 Å². The highest BCUT2D eigenvalue weighted by atomic mass is 35.5. The van der Waals surface area contributed by atoms with Crippen molar-refractivity contribution in [2.45, 2.75) is 169 Å². The number of aliphatic carboxylic acids is 1. The zero-order valence-corrected chi connectivity index (χ0v) is 60.5. The number of aliphatic hydroxyl groups is 5. The summed E-state index contributed by atoms with van der Waals surface area (Å²) in [6.07, 6.45) is -15.2. The second-order valence-electron chi connectivity index (χ2n) is 28.3. The number of carboxylic acid groups (broad SMARTS) is 1. The number of hydrogen-bond donors (Lipinski definition) is 20. The number of likely N-dealkylation sites (N-methyl/N-ethyl adjacent to an activating group) is 1. The van der Waals surface area contributed by atoms with Crippen molar-refractivity contribution in [1.29, 1.82) is 0 Å². The highest BCUT2D eigenvalue weighted by Gasteiger charge is 2.52. The number of aromatic hydroxyl groups is 3. The number of phenolic OH excluding ortho intramolecular Hbond substituents is 3. The number of carbonyl (C=O) groups is 8. The van der Waals surface area contributed by atoms with Crippen LogP contribution in [0.15, 0.2) is 78.9 Å². The first-order chi connectivity index (χ1) is 51.2. The van der Waals surface area contributed by atoms with Crippen molar-refractivity contribution in [3.05, 3.63) is 117 Å². The van der Waals surface area contributed by atoms with Crippen LogP contribution in [0, 0.1) is 11.8 Å². The molecule has 108 heavy (non-hydrogen) atoms. The number of halogens is 2. The first-order valence-electron chi connectivity index (χ1n) is 35.0. The Morgan fingerprint density at radius 1 is 0.713 bits per heavy atom. The fraction of sp³-hybridized carbons (Fsp3) is 0.472. The number of hydrogen-bond acceptors (Lipinski definition) is 26. The SMILES string of the molecule is CN[C@H](CC(C)C)C(=O)N[C@H]1C(=O)N[C@@H](CC(N)=O)C(=O)N[C@H]2C(=O)N[C@H]3C(=O)N[C@H](C(=O)N[C@H](C(=O)O)c4cc(O)cc(O)c4-c4cc3ccc4O)[C@H](O)c3ccc(c(Cl)c3)Oc3cc2cc(c3O[C@@H]2O[C@H](CN)[C@@H](O)[C@H](O)[C@H]2O[C@H]2C[C@](C)(NCCNCC3CC3)[C@H](O)[C@H](C)O2)Oc2ccc(cc2Cl)[C@H]1O. The van der Waals surface area contributed by atoms with Gasteiger partial charge in [0.15, 0.2) is 29.9 Å². The standard InChI is InChI=1S/C72H87Cl2N11O23/c1-28(2)16-40(77-5)64(95)84-55-57(90)32-9-12-44(38(73)18-32)104-46-20-34-21-47(61(46)108-71-62(60(93)59(92)48(26-75)106-71)107-50-25-72(4,63(94)29(3)103-50)79-15-14-78-27-30-6-7-30)105-45-13-10-33(19-39(45)74)58(91)56-69(100)83-54(70(101)102)37-22-35(86)23-43(88)51(37)36-17-31(8-11-42(36)87)52(66(97)85-56)82-67(98)53(34)81-65(96)41(24-49(76)89)80-68(55)99/h8-13,17-23,28-30,40-41,48,50,52-60,62-63,71,77-79,86-88,90-94H,6-7,14-16,24-27,75H2,1-5H3,(H2,76,89)(H,80,99)(H,81,96)(H,82,98)(H,83,100)(H,84,95)(H,85,97)(H,101,102)/t29-,40+,41-,48+,50-,52+,53+,54-,55+,56-,57+,58+,59+,60-,62+,63+,71-,72-/m0/s1. The minimum Gasteiger partial charge on any atom is -0.508 e. The molecule has 13 rings (SSSR count). The third-order valence-corrected chi connectivity index (χ3v) is 20.3. The van der Waals surface area contributed by atoms with Gasteiger partial charge < -0.3 is 134 Å². The van der Waals surface area contributed by atoms with Gasteiger partial charge in [-0.15, -0.1) is 0 Å². The number of nitrogens with one attached hydrogen (secondary N) is 9. The largest absolute Gasteiger partial charge is 0.508 e. The molecule has 36 heteroatoms. The molecule has 2 saturated heterocycles. The average Bonchev–Trinajstić information content (AvgIpc) is 1.17. The quantitative estimate of drug-likeness (QED) is 0.0506. The predicted molar refractivity (Wildman–Crippen MR) is 381 cm³/mol. The van der Waals surface area contributed by atoms with E-state index in [0.717, 1.165) is 80.1 Å².